The first-order valence-electron chi connectivity index (χ1n) is 7.14. The van der Waals surface area contributed by atoms with E-state index in [1.165, 1.54) is 12.1 Å². The summed E-state index contributed by atoms with van der Waals surface area (Å²) < 4.78 is 23.9. The lowest BCUT2D eigenvalue weighted by molar-refractivity contribution is -0.142. The van der Waals surface area contributed by atoms with Gasteiger partial charge in [0.05, 0.1) is 0 Å². The van der Waals surface area contributed by atoms with Crippen molar-refractivity contribution in [2.24, 2.45) is 0 Å². The second kappa shape index (κ2) is 8.86. The van der Waals surface area contributed by atoms with E-state index in [1.54, 1.807) is 18.2 Å². The van der Waals surface area contributed by atoms with E-state index in [1.807, 2.05) is 0 Å². The predicted octanol–water partition coefficient (Wildman–Crippen LogP) is -0.00840. The van der Waals surface area contributed by atoms with Gasteiger partial charge in [-0.2, -0.15) is 4.79 Å². The molecular formula is C15H17N3O6S. The number of ketones is 1. The Hall–Kier alpha value is -2.84. The van der Waals surface area contributed by atoms with Crippen molar-refractivity contribution in [3.05, 3.63) is 41.4 Å². The molecule has 1 rings (SSSR count). The minimum Gasteiger partial charge on any atom is -0.480 e. The average Bonchev–Trinajstić information content (AvgIpc) is 2.51. The molecule has 0 saturated carbocycles. The van der Waals surface area contributed by atoms with Gasteiger partial charge in [-0.3, -0.25) is 9.59 Å². The van der Waals surface area contributed by atoms with Crippen LogP contribution in [0.25, 0.3) is 5.53 Å². The Labute approximate surface area is 144 Å². The molecule has 0 bridgehead atoms. The first-order chi connectivity index (χ1) is 11.7. The van der Waals surface area contributed by atoms with Gasteiger partial charge in [0.1, 0.15) is 6.04 Å². The summed E-state index contributed by atoms with van der Waals surface area (Å²) in [5.74, 6) is -3.04. The van der Waals surface area contributed by atoms with Crippen LogP contribution in [0.1, 0.15) is 23.7 Å². The summed E-state index contributed by atoms with van der Waals surface area (Å²) >= 11 is 0. The molecule has 1 aromatic carbocycles. The standard InChI is InChI=1S/C15H17N3O6S/c1-25(23,24)13(10-5-3-2-4-6-10)14(20)18-12(15(21)22)8-7-11(19)9-17-16/h2-6,9,12-13H,7-8H2,1H3,(H,18,20)(H,21,22)/t12-,13-/m0/s1. The second-order valence-corrected chi connectivity index (χ2v) is 7.40. The van der Waals surface area contributed by atoms with E-state index < -0.39 is 38.8 Å². The highest BCUT2D eigenvalue weighted by atomic mass is 32.2. The third kappa shape index (κ3) is 6.28. The van der Waals surface area contributed by atoms with Gasteiger partial charge in [-0.1, -0.05) is 30.3 Å². The van der Waals surface area contributed by atoms with E-state index >= 15 is 0 Å². The summed E-state index contributed by atoms with van der Waals surface area (Å²) in [4.78, 5) is 37.4. The largest absolute Gasteiger partial charge is 0.480 e. The number of carboxylic acid groups (broad SMARTS) is 1. The molecule has 0 fully saturated rings. The molecule has 0 aliphatic carbocycles. The summed E-state index contributed by atoms with van der Waals surface area (Å²) in [5.41, 5.74) is 8.44. The number of carboxylic acids is 1. The molecule has 9 nitrogen and oxygen atoms in total. The SMILES string of the molecule is CS(=O)(=O)[C@H](C(=O)N[C@@H](CCC(=O)C=[N+]=[N-])C(=O)O)c1ccccc1. The molecule has 0 heterocycles. The maximum atomic E-state index is 12.4. The lowest BCUT2D eigenvalue weighted by atomic mass is 10.1. The highest BCUT2D eigenvalue weighted by Gasteiger charge is 2.33. The zero-order chi connectivity index (χ0) is 19.0. The molecule has 2 atom stereocenters. The molecule has 0 unspecified atom stereocenters. The van der Waals surface area contributed by atoms with Crippen LogP contribution in [0, 0.1) is 0 Å². The maximum Gasteiger partial charge on any atom is 0.326 e. The van der Waals surface area contributed by atoms with Crippen molar-refractivity contribution in [1.82, 2.24) is 5.32 Å². The predicted molar refractivity (Wildman–Crippen MR) is 87.5 cm³/mol. The van der Waals surface area contributed by atoms with Gasteiger partial charge in [0.25, 0.3) is 0 Å². The lowest BCUT2D eigenvalue weighted by Crippen LogP contribution is -2.44. The van der Waals surface area contributed by atoms with Crippen molar-refractivity contribution in [2.45, 2.75) is 24.1 Å². The molecule has 0 aliphatic heterocycles. The fourth-order valence-electron chi connectivity index (χ4n) is 2.14. The Morgan fingerprint density at radius 3 is 2.36 bits per heavy atom. The van der Waals surface area contributed by atoms with Crippen LogP contribution >= 0.6 is 0 Å². The van der Waals surface area contributed by atoms with Gasteiger partial charge in [-0.15, -0.1) is 0 Å². The summed E-state index contributed by atoms with van der Waals surface area (Å²) in [6.07, 6.45) is 0.915. The average molecular weight is 367 g/mol. The van der Waals surface area contributed by atoms with Crippen LogP contribution in [0.3, 0.4) is 0 Å². The molecular weight excluding hydrogens is 350 g/mol. The van der Waals surface area contributed by atoms with Crippen molar-refractivity contribution in [2.75, 3.05) is 6.26 Å². The second-order valence-electron chi connectivity index (χ2n) is 5.27. The van der Waals surface area contributed by atoms with Crippen molar-refractivity contribution in [1.29, 1.82) is 0 Å². The number of nitrogens with zero attached hydrogens (tertiary/aromatic N) is 2. The number of hydrogen-bond acceptors (Lipinski definition) is 5. The molecule has 1 aromatic rings. The molecule has 0 spiro atoms. The van der Waals surface area contributed by atoms with Crippen molar-refractivity contribution in [3.8, 4) is 0 Å². The fraction of sp³-hybridized carbons (Fsp3) is 0.333. The molecule has 10 heteroatoms. The number of carbonyl (C=O) groups is 3. The topological polar surface area (TPSA) is 154 Å². The molecule has 134 valence electrons. The van der Waals surface area contributed by atoms with Crippen LogP contribution in [0.4, 0.5) is 0 Å². The Balaban J connectivity index is 2.98. The van der Waals surface area contributed by atoms with Crippen LogP contribution in [0.5, 0.6) is 0 Å². The third-order valence-electron chi connectivity index (χ3n) is 3.26. The Bertz CT molecular complexity index is 800. The molecule has 2 N–H and O–H groups in total. The zero-order valence-corrected chi connectivity index (χ0v) is 14.1. The number of sulfone groups is 1. The van der Waals surface area contributed by atoms with Crippen LogP contribution in [0.2, 0.25) is 0 Å². The van der Waals surface area contributed by atoms with Crippen molar-refractivity contribution >= 4 is 33.7 Å². The van der Waals surface area contributed by atoms with E-state index in [4.69, 9.17) is 10.6 Å². The highest BCUT2D eigenvalue weighted by molar-refractivity contribution is 7.91. The smallest absolute Gasteiger partial charge is 0.326 e. The molecule has 0 radical (unpaired) electrons. The number of Topliss-reactive ketones (excluding diaryl/α,β-unsaturated/α-hetero) is 1. The van der Waals surface area contributed by atoms with Crippen molar-refractivity contribution in [3.63, 3.8) is 0 Å². The molecule has 0 aromatic heterocycles. The third-order valence-corrected chi connectivity index (χ3v) is 4.61. The van der Waals surface area contributed by atoms with Crippen LogP contribution < -0.4 is 5.32 Å². The first-order valence-corrected chi connectivity index (χ1v) is 9.09. The minimum absolute atomic E-state index is 0.204. The molecule has 0 aliphatic rings. The van der Waals surface area contributed by atoms with Crippen molar-refractivity contribution < 1.29 is 32.7 Å². The van der Waals surface area contributed by atoms with E-state index in [0.29, 0.717) is 6.21 Å². The van der Waals surface area contributed by atoms with Gasteiger partial charge in [0, 0.05) is 12.7 Å². The Kier molecular flexibility index (Phi) is 7.16. The van der Waals surface area contributed by atoms with Crippen LogP contribution in [0.15, 0.2) is 30.3 Å². The lowest BCUT2D eigenvalue weighted by Gasteiger charge is -2.19. The Morgan fingerprint density at radius 1 is 1.28 bits per heavy atom. The van der Waals surface area contributed by atoms with E-state index in [9.17, 15) is 22.8 Å². The number of aliphatic carboxylic acids is 1. The van der Waals surface area contributed by atoms with E-state index in [-0.39, 0.29) is 18.4 Å². The number of nitrogens with one attached hydrogen (secondary N) is 1. The highest BCUT2D eigenvalue weighted by Crippen LogP contribution is 2.22. The number of carbonyl (C=O) groups excluding carboxylic acids is 2. The van der Waals surface area contributed by atoms with Gasteiger partial charge in [0.2, 0.25) is 11.7 Å². The van der Waals surface area contributed by atoms with Crippen LogP contribution in [-0.2, 0) is 24.2 Å². The maximum absolute atomic E-state index is 12.4. The first kappa shape index (κ1) is 20.2. The summed E-state index contributed by atoms with van der Waals surface area (Å²) in [5, 5.41) is 9.74. The van der Waals surface area contributed by atoms with Gasteiger partial charge < -0.3 is 16.0 Å². The van der Waals surface area contributed by atoms with Gasteiger partial charge >= 0.3 is 12.2 Å². The minimum atomic E-state index is -3.85. The summed E-state index contributed by atoms with van der Waals surface area (Å²) in [7, 11) is -3.85. The zero-order valence-electron chi connectivity index (χ0n) is 13.3. The molecule has 1 amide bonds. The summed E-state index contributed by atoms with van der Waals surface area (Å²) in [6.45, 7) is 0. The van der Waals surface area contributed by atoms with Gasteiger partial charge in [-0.25, -0.2) is 13.2 Å². The number of rotatable bonds is 9. The normalized spacial score (nSPS) is 13.2. The van der Waals surface area contributed by atoms with Gasteiger partial charge in [0.15, 0.2) is 15.1 Å². The van der Waals surface area contributed by atoms with Crippen LogP contribution in [-0.4, -0.2) is 54.5 Å². The van der Waals surface area contributed by atoms with E-state index in [0.717, 1.165) is 6.26 Å². The fourth-order valence-corrected chi connectivity index (χ4v) is 3.25. The Morgan fingerprint density at radius 2 is 1.88 bits per heavy atom. The number of hydrogen-bond donors (Lipinski definition) is 2. The molecule has 0 saturated heterocycles. The monoisotopic (exact) mass is 367 g/mol. The summed E-state index contributed by atoms with van der Waals surface area (Å²) in [6, 6.07) is 6.20. The van der Waals surface area contributed by atoms with E-state index in [2.05, 4.69) is 10.1 Å². The number of benzene rings is 1. The van der Waals surface area contributed by atoms with Gasteiger partial charge in [-0.05, 0) is 12.0 Å². The quantitative estimate of drug-likeness (QED) is 0.355. The number of amides is 1. The molecule has 25 heavy (non-hydrogen) atoms.